The number of rotatable bonds is 5. The Morgan fingerprint density at radius 3 is 2.38 bits per heavy atom. The van der Waals surface area contributed by atoms with Crippen molar-refractivity contribution in [1.29, 1.82) is 0 Å². The van der Waals surface area contributed by atoms with Gasteiger partial charge in [-0.2, -0.15) is 11.8 Å². The molecule has 0 N–H and O–H groups in total. The Balaban J connectivity index is 2.48. The second-order valence-electron chi connectivity index (χ2n) is 2.71. The maximum atomic E-state index is 5.36. The summed E-state index contributed by atoms with van der Waals surface area (Å²) < 4.78 is 5.36. The fourth-order valence-electron chi connectivity index (χ4n) is 1.07. The predicted molar refractivity (Wildman–Crippen MR) is 59.4 cm³/mol. The van der Waals surface area contributed by atoms with Gasteiger partial charge in [0.25, 0.3) is 0 Å². The van der Waals surface area contributed by atoms with Gasteiger partial charge in [-0.05, 0) is 30.4 Å². The molecule has 13 heavy (non-hydrogen) atoms. The van der Waals surface area contributed by atoms with Crippen LogP contribution in [0, 0.1) is 0 Å². The second-order valence-corrected chi connectivity index (χ2v) is 3.99. The quantitative estimate of drug-likeness (QED) is 0.714. The van der Waals surface area contributed by atoms with E-state index in [-0.39, 0.29) is 0 Å². The van der Waals surface area contributed by atoms with Gasteiger partial charge in [-0.1, -0.05) is 19.1 Å². The lowest BCUT2D eigenvalue weighted by Gasteiger charge is -2.03. The molecule has 0 saturated carbocycles. The highest BCUT2D eigenvalue weighted by molar-refractivity contribution is 7.98. The van der Waals surface area contributed by atoms with Crippen molar-refractivity contribution in [3.05, 3.63) is 29.8 Å². The van der Waals surface area contributed by atoms with Gasteiger partial charge in [-0.3, -0.25) is 0 Å². The Hall–Kier alpha value is -0.630. The van der Waals surface area contributed by atoms with Gasteiger partial charge < -0.3 is 4.74 Å². The second kappa shape index (κ2) is 5.92. The summed E-state index contributed by atoms with van der Waals surface area (Å²) in [7, 11) is 0. The van der Waals surface area contributed by atoms with Gasteiger partial charge in [0, 0.05) is 5.75 Å². The summed E-state index contributed by atoms with van der Waals surface area (Å²) >= 11 is 1.94. The van der Waals surface area contributed by atoms with Crippen LogP contribution in [0.1, 0.15) is 19.4 Å². The number of hydrogen-bond donors (Lipinski definition) is 0. The third-order valence-corrected chi connectivity index (χ3v) is 2.65. The first kappa shape index (κ1) is 10.5. The van der Waals surface area contributed by atoms with E-state index in [0.717, 1.165) is 18.1 Å². The van der Waals surface area contributed by atoms with Crippen LogP contribution in [0.2, 0.25) is 0 Å². The van der Waals surface area contributed by atoms with Crippen LogP contribution in [0.15, 0.2) is 24.3 Å². The molecular weight excluding hydrogens is 180 g/mol. The van der Waals surface area contributed by atoms with Gasteiger partial charge >= 0.3 is 0 Å². The molecule has 72 valence electrons. The summed E-state index contributed by atoms with van der Waals surface area (Å²) in [6, 6.07) is 8.34. The van der Waals surface area contributed by atoms with Crippen molar-refractivity contribution in [3.8, 4) is 5.75 Å². The van der Waals surface area contributed by atoms with E-state index in [2.05, 4.69) is 19.1 Å². The molecule has 0 aliphatic heterocycles. The highest BCUT2D eigenvalue weighted by Gasteiger charge is 1.93. The smallest absolute Gasteiger partial charge is 0.119 e. The van der Waals surface area contributed by atoms with Crippen LogP contribution < -0.4 is 4.74 Å². The molecule has 0 heterocycles. The molecule has 0 fully saturated rings. The Morgan fingerprint density at radius 2 is 1.85 bits per heavy atom. The molecule has 1 nitrogen and oxygen atoms in total. The Kier molecular flexibility index (Phi) is 4.76. The lowest BCUT2D eigenvalue weighted by atomic mass is 10.2. The van der Waals surface area contributed by atoms with Crippen LogP contribution in [0.4, 0.5) is 0 Å². The monoisotopic (exact) mass is 196 g/mol. The van der Waals surface area contributed by atoms with Crippen molar-refractivity contribution in [2.45, 2.75) is 19.6 Å². The zero-order chi connectivity index (χ0) is 9.52. The highest BCUT2D eigenvalue weighted by Crippen LogP contribution is 2.16. The Morgan fingerprint density at radius 1 is 1.15 bits per heavy atom. The fraction of sp³-hybridized carbons (Fsp3) is 0.455. The van der Waals surface area contributed by atoms with E-state index in [0.29, 0.717) is 0 Å². The average molecular weight is 196 g/mol. The highest BCUT2D eigenvalue weighted by atomic mass is 32.2. The molecule has 0 aromatic heterocycles. The van der Waals surface area contributed by atoms with Gasteiger partial charge in [-0.25, -0.2) is 0 Å². The van der Waals surface area contributed by atoms with Gasteiger partial charge in [0.1, 0.15) is 5.75 Å². The molecule has 0 atom stereocenters. The van der Waals surface area contributed by atoms with E-state index in [1.54, 1.807) is 0 Å². The van der Waals surface area contributed by atoms with E-state index >= 15 is 0 Å². The van der Waals surface area contributed by atoms with Crippen LogP contribution >= 0.6 is 11.8 Å². The minimum Gasteiger partial charge on any atom is -0.494 e. The third-order valence-electron chi connectivity index (χ3n) is 1.71. The van der Waals surface area contributed by atoms with Crippen LogP contribution in [0.3, 0.4) is 0 Å². The minimum atomic E-state index is 0.739. The van der Waals surface area contributed by atoms with Gasteiger partial charge in [0.15, 0.2) is 0 Å². The summed E-state index contributed by atoms with van der Waals surface area (Å²) in [6.45, 7) is 4.92. The molecule has 0 aliphatic rings. The lowest BCUT2D eigenvalue weighted by molar-refractivity contribution is 0.340. The van der Waals surface area contributed by atoms with Gasteiger partial charge in [0.2, 0.25) is 0 Å². The number of ether oxygens (including phenoxy) is 1. The maximum Gasteiger partial charge on any atom is 0.119 e. The lowest BCUT2D eigenvalue weighted by Crippen LogP contribution is -1.91. The van der Waals surface area contributed by atoms with Crippen molar-refractivity contribution in [2.24, 2.45) is 0 Å². The predicted octanol–water partition coefficient (Wildman–Crippen LogP) is 3.34. The Bertz CT molecular complexity index is 230. The minimum absolute atomic E-state index is 0.739. The van der Waals surface area contributed by atoms with Crippen molar-refractivity contribution in [3.63, 3.8) is 0 Å². The van der Waals surface area contributed by atoms with E-state index < -0.39 is 0 Å². The number of benzene rings is 1. The molecule has 1 aromatic carbocycles. The normalized spacial score (nSPS) is 10.0. The van der Waals surface area contributed by atoms with Crippen LogP contribution in [0.25, 0.3) is 0 Å². The molecule has 0 spiro atoms. The topological polar surface area (TPSA) is 9.23 Å². The van der Waals surface area contributed by atoms with E-state index in [9.17, 15) is 0 Å². The molecular formula is C11H16OS. The third kappa shape index (κ3) is 3.73. The molecule has 0 amide bonds. The SMILES string of the molecule is CCOc1ccc(CSCC)cc1. The van der Waals surface area contributed by atoms with Gasteiger partial charge in [0.05, 0.1) is 6.61 Å². The molecule has 2 heteroatoms. The molecule has 1 aromatic rings. The van der Waals surface area contributed by atoms with E-state index in [1.165, 1.54) is 11.3 Å². The molecule has 0 saturated heterocycles. The largest absolute Gasteiger partial charge is 0.494 e. The molecule has 0 radical (unpaired) electrons. The molecule has 0 unspecified atom stereocenters. The summed E-state index contributed by atoms with van der Waals surface area (Å²) in [4.78, 5) is 0. The van der Waals surface area contributed by atoms with Crippen LogP contribution in [-0.2, 0) is 5.75 Å². The molecule has 0 aliphatic carbocycles. The summed E-state index contributed by atoms with van der Waals surface area (Å²) in [5, 5.41) is 0. The van der Waals surface area contributed by atoms with Crippen molar-refractivity contribution in [2.75, 3.05) is 12.4 Å². The summed E-state index contributed by atoms with van der Waals surface area (Å²) in [5.41, 5.74) is 1.37. The van der Waals surface area contributed by atoms with Crippen LogP contribution in [-0.4, -0.2) is 12.4 Å². The van der Waals surface area contributed by atoms with Gasteiger partial charge in [-0.15, -0.1) is 0 Å². The summed E-state index contributed by atoms with van der Waals surface area (Å²) in [5.74, 6) is 3.24. The first-order chi connectivity index (χ1) is 6.36. The molecule has 0 bridgehead atoms. The van der Waals surface area contributed by atoms with E-state index in [4.69, 9.17) is 4.74 Å². The maximum absolute atomic E-state index is 5.36. The first-order valence-corrected chi connectivity index (χ1v) is 5.81. The average Bonchev–Trinajstić information content (AvgIpc) is 2.17. The first-order valence-electron chi connectivity index (χ1n) is 4.66. The van der Waals surface area contributed by atoms with Crippen molar-refractivity contribution in [1.82, 2.24) is 0 Å². The fourth-order valence-corrected chi connectivity index (χ4v) is 1.70. The van der Waals surface area contributed by atoms with E-state index in [1.807, 2.05) is 30.8 Å². The molecule has 1 rings (SSSR count). The Labute approximate surface area is 84.5 Å². The number of thioether (sulfide) groups is 1. The standard InChI is InChI=1S/C11H16OS/c1-3-12-11-7-5-10(6-8-11)9-13-4-2/h5-8H,3-4,9H2,1-2H3. The van der Waals surface area contributed by atoms with Crippen LogP contribution in [0.5, 0.6) is 5.75 Å². The zero-order valence-electron chi connectivity index (χ0n) is 8.25. The number of hydrogen-bond acceptors (Lipinski definition) is 2. The zero-order valence-corrected chi connectivity index (χ0v) is 9.06. The van der Waals surface area contributed by atoms with Crippen molar-refractivity contribution < 1.29 is 4.74 Å². The van der Waals surface area contributed by atoms with Crippen molar-refractivity contribution >= 4 is 11.8 Å². The summed E-state index contributed by atoms with van der Waals surface area (Å²) in [6.07, 6.45) is 0.